The van der Waals surface area contributed by atoms with E-state index in [2.05, 4.69) is 221 Å². The van der Waals surface area contributed by atoms with Gasteiger partial charge in [-0.2, -0.15) is 0 Å². The van der Waals surface area contributed by atoms with Gasteiger partial charge >= 0.3 is 0 Å². The number of ether oxygens (including phenoxy) is 1. The summed E-state index contributed by atoms with van der Waals surface area (Å²) in [6, 6.07) is 63.4. The van der Waals surface area contributed by atoms with E-state index in [1.54, 1.807) is 0 Å². The SMILES string of the molecule is C[Si](C)(c1nnco1)C1([Si](C)(C)c2nnco2)c2ccccc2Oc2c1cccc2[Si](c1ccccc1)(c1ccccc1)c1cccc(-n2c3ccccc3n3c4ccccc4nc23)c1. The summed E-state index contributed by atoms with van der Waals surface area (Å²) in [6.45, 7) is 9.36. The van der Waals surface area contributed by atoms with Crippen LogP contribution < -0.4 is 36.5 Å². The highest BCUT2D eigenvalue weighted by atomic mass is 28.4. The lowest BCUT2D eigenvalue weighted by Crippen LogP contribution is -2.77. The van der Waals surface area contributed by atoms with Crippen LogP contribution in [-0.2, 0) is 4.66 Å². The highest BCUT2D eigenvalue weighted by molar-refractivity contribution is 7.20. The predicted molar refractivity (Wildman–Crippen MR) is 263 cm³/mol. The molecular weight excluding hydrogens is 855 g/mol. The van der Waals surface area contributed by atoms with Crippen molar-refractivity contribution in [1.29, 1.82) is 0 Å². The van der Waals surface area contributed by atoms with Crippen LogP contribution in [0.2, 0.25) is 26.2 Å². The minimum absolute atomic E-state index is 0.643. The van der Waals surface area contributed by atoms with Gasteiger partial charge in [-0.3, -0.25) is 8.97 Å². The first-order valence-electron chi connectivity index (χ1n) is 21.8. The monoisotopic (exact) mass is 897 g/mol. The fourth-order valence-corrected chi connectivity index (χ4v) is 28.8. The maximum atomic E-state index is 7.54. The zero-order valence-electron chi connectivity index (χ0n) is 36.3. The second-order valence-corrected chi connectivity index (χ2v) is 31.0. The van der Waals surface area contributed by atoms with Gasteiger partial charge in [0, 0.05) is 21.5 Å². The quantitative estimate of drug-likeness (QED) is 0.110. The third kappa shape index (κ3) is 5.34. The van der Waals surface area contributed by atoms with Crippen LogP contribution in [0.1, 0.15) is 11.1 Å². The molecule has 0 unspecified atom stereocenters. The molecule has 1 aliphatic rings. The van der Waals surface area contributed by atoms with Crippen molar-refractivity contribution in [1.82, 2.24) is 34.3 Å². The van der Waals surface area contributed by atoms with Crippen LogP contribution in [0.4, 0.5) is 0 Å². The molecule has 0 atom stereocenters. The first-order chi connectivity index (χ1) is 31.8. The molecule has 316 valence electrons. The molecule has 7 aromatic carbocycles. The number of rotatable bonds is 9. The molecule has 0 spiro atoms. The number of aromatic nitrogens is 7. The van der Waals surface area contributed by atoms with Crippen LogP contribution in [-0.4, -0.2) is 58.6 Å². The number of fused-ring (bicyclic) bond motifs is 7. The molecule has 12 rings (SSSR count). The minimum Gasteiger partial charge on any atom is -0.457 e. The van der Waals surface area contributed by atoms with Crippen LogP contribution in [0.3, 0.4) is 0 Å². The summed E-state index contributed by atoms with van der Waals surface area (Å²) in [5, 5.41) is 22.7. The van der Waals surface area contributed by atoms with E-state index in [1.165, 1.54) is 28.3 Å². The first kappa shape index (κ1) is 39.2. The number of hydrogen-bond acceptors (Lipinski definition) is 8. The van der Waals surface area contributed by atoms with Crippen molar-refractivity contribution < 1.29 is 13.6 Å². The highest BCUT2D eigenvalue weighted by Crippen LogP contribution is 2.56. The van der Waals surface area contributed by atoms with Crippen LogP contribution in [0.5, 0.6) is 11.5 Å². The Kier molecular flexibility index (Phi) is 8.76. The summed E-state index contributed by atoms with van der Waals surface area (Å²) in [5.41, 5.74) is 8.64. The fourth-order valence-electron chi connectivity index (χ4n) is 11.5. The normalized spacial score (nSPS) is 13.8. The van der Waals surface area contributed by atoms with E-state index in [1.807, 2.05) is 0 Å². The summed E-state index contributed by atoms with van der Waals surface area (Å²) in [4.78, 5) is 5.27. The molecule has 4 aromatic heterocycles. The Labute approximate surface area is 377 Å². The average molecular weight is 898 g/mol. The fraction of sp³-hybridized carbons (Fsp3) is 0.0962. The van der Waals surface area contributed by atoms with Gasteiger partial charge in [0.05, 0.1) is 22.1 Å². The molecule has 0 fully saturated rings. The lowest BCUT2D eigenvalue weighted by Gasteiger charge is -2.54. The zero-order chi connectivity index (χ0) is 44.0. The molecule has 0 saturated carbocycles. The van der Waals surface area contributed by atoms with Gasteiger partial charge in [-0.15, -0.1) is 20.4 Å². The average Bonchev–Trinajstić information content (AvgIpc) is 4.19. The first-order valence-corrected chi connectivity index (χ1v) is 29.8. The van der Waals surface area contributed by atoms with E-state index in [-0.39, 0.29) is 0 Å². The number of para-hydroxylation sites is 6. The summed E-state index contributed by atoms with van der Waals surface area (Å²) in [6.07, 6.45) is 2.90. The Bertz CT molecular complexity index is 3470. The van der Waals surface area contributed by atoms with E-state index in [0.717, 1.165) is 61.3 Å². The Morgan fingerprint density at radius 1 is 0.508 bits per heavy atom. The Hall–Kier alpha value is -7.46. The third-order valence-corrected chi connectivity index (χ3v) is 30.0. The van der Waals surface area contributed by atoms with Crippen molar-refractivity contribution in [3.8, 4) is 17.2 Å². The van der Waals surface area contributed by atoms with Crippen LogP contribution >= 0.6 is 0 Å². The van der Waals surface area contributed by atoms with Gasteiger partial charge in [0.25, 0.3) is 0 Å². The number of hydrogen-bond donors (Lipinski definition) is 0. The number of nitrogens with zero attached hydrogens (tertiary/aromatic N) is 7. The molecule has 0 N–H and O–H groups in total. The van der Waals surface area contributed by atoms with Gasteiger partial charge in [-0.25, -0.2) is 4.98 Å². The maximum absolute atomic E-state index is 7.54. The van der Waals surface area contributed by atoms with Crippen LogP contribution in [0.15, 0.2) is 198 Å². The van der Waals surface area contributed by atoms with Gasteiger partial charge in [0.15, 0.2) is 35.2 Å². The smallest absolute Gasteiger partial charge is 0.220 e. The van der Waals surface area contributed by atoms with Crippen LogP contribution in [0.25, 0.3) is 33.5 Å². The molecule has 5 heterocycles. The van der Waals surface area contributed by atoms with Crippen LogP contribution in [0, 0.1) is 0 Å². The van der Waals surface area contributed by atoms with Crippen molar-refractivity contribution in [2.75, 3.05) is 0 Å². The molecule has 0 aliphatic carbocycles. The summed E-state index contributed by atoms with van der Waals surface area (Å²) in [5.74, 6) is 2.49. The van der Waals surface area contributed by atoms with Crippen molar-refractivity contribution >= 4 is 83.8 Å². The predicted octanol–water partition coefficient (Wildman–Crippen LogP) is 7.28. The molecular formula is C52H43N7O3Si3. The highest BCUT2D eigenvalue weighted by Gasteiger charge is 2.68. The molecule has 0 saturated heterocycles. The van der Waals surface area contributed by atoms with Crippen molar-refractivity contribution in [2.45, 2.75) is 30.8 Å². The molecule has 1 aliphatic heterocycles. The zero-order valence-corrected chi connectivity index (χ0v) is 39.3. The van der Waals surface area contributed by atoms with Gasteiger partial charge < -0.3 is 13.6 Å². The summed E-state index contributed by atoms with van der Waals surface area (Å²) in [7, 11) is -9.33. The van der Waals surface area contributed by atoms with E-state index >= 15 is 0 Å². The van der Waals surface area contributed by atoms with Gasteiger partial charge in [0.1, 0.15) is 11.5 Å². The summed E-state index contributed by atoms with van der Waals surface area (Å²) < 4.78 is 24.0. The second-order valence-electron chi connectivity index (χ2n) is 17.9. The number of imidazole rings is 2. The van der Waals surface area contributed by atoms with E-state index in [0.29, 0.717) is 11.0 Å². The second kappa shape index (κ2) is 14.5. The van der Waals surface area contributed by atoms with E-state index < -0.39 is 28.9 Å². The maximum Gasteiger partial charge on any atom is 0.220 e. The molecule has 0 radical (unpaired) electrons. The van der Waals surface area contributed by atoms with E-state index in [4.69, 9.17) is 28.8 Å². The Morgan fingerprint density at radius 3 is 1.72 bits per heavy atom. The molecule has 10 nitrogen and oxygen atoms in total. The Morgan fingerprint density at radius 2 is 1.06 bits per heavy atom. The molecule has 0 bridgehead atoms. The van der Waals surface area contributed by atoms with Gasteiger partial charge in [-0.1, -0.05) is 160 Å². The summed E-state index contributed by atoms with van der Waals surface area (Å²) >= 11 is 0. The molecule has 13 heteroatoms. The van der Waals surface area contributed by atoms with Gasteiger partial charge in [0.2, 0.25) is 18.6 Å². The molecule has 65 heavy (non-hydrogen) atoms. The topological polar surface area (TPSA) is 109 Å². The largest absolute Gasteiger partial charge is 0.457 e. The van der Waals surface area contributed by atoms with Crippen molar-refractivity contribution in [3.63, 3.8) is 0 Å². The van der Waals surface area contributed by atoms with E-state index in [9.17, 15) is 0 Å². The van der Waals surface area contributed by atoms with Crippen molar-refractivity contribution in [2.24, 2.45) is 0 Å². The molecule has 11 aromatic rings. The number of benzene rings is 7. The standard InChI is InChI=1S/C52H43N7O3Si3/c1-63(2,50-56-53-34-60-50)52(64(3,4)51-57-54-35-61-51)40-25-11-16-31-46(40)62-48-41(52)26-18-32-47(48)65(37-20-7-5-8-21-37,38-22-9-6-10-23-38)39-24-17-19-36(33-39)58-44-29-14-15-30-45(44)59-43-28-13-12-27-42(43)55-49(58)59/h5-35H,1-4H3. The Balaban J connectivity index is 1.22. The molecule has 0 amide bonds. The lowest BCUT2D eigenvalue weighted by atomic mass is 9.98. The minimum atomic E-state index is -3.36. The van der Waals surface area contributed by atoms with Gasteiger partial charge in [-0.05, 0) is 63.2 Å². The lowest BCUT2D eigenvalue weighted by molar-refractivity contribution is 0.451. The third-order valence-electron chi connectivity index (χ3n) is 14.0. The van der Waals surface area contributed by atoms with Crippen molar-refractivity contribution in [3.05, 3.63) is 200 Å².